The number of amides is 1. The highest BCUT2D eigenvalue weighted by Gasteiger charge is 2.20. The predicted molar refractivity (Wildman–Crippen MR) is 70.8 cm³/mol. The highest BCUT2D eigenvalue weighted by Crippen LogP contribution is 2.07. The Bertz CT molecular complexity index is 305. The summed E-state index contributed by atoms with van der Waals surface area (Å²) in [7, 11) is 0. The van der Waals surface area contributed by atoms with E-state index in [0.717, 1.165) is 12.8 Å². The Labute approximate surface area is 110 Å². The van der Waals surface area contributed by atoms with Crippen molar-refractivity contribution in [3.8, 4) is 12.3 Å². The van der Waals surface area contributed by atoms with Crippen LogP contribution in [-0.2, 0) is 14.3 Å². The highest BCUT2D eigenvalue weighted by atomic mass is 16.5. The monoisotopic (exact) mass is 253 g/mol. The van der Waals surface area contributed by atoms with Gasteiger partial charge in [-0.05, 0) is 33.6 Å². The SMILES string of the molecule is C#CCCCCC(=O)N(CC(=O)OCC)C(C)C. The standard InChI is InChI=1S/C14H23NO3/c1-5-7-8-9-10-13(16)15(12(3)4)11-14(17)18-6-2/h1,12H,6-11H2,2-4H3. The Hall–Kier alpha value is -1.50. The number of esters is 1. The zero-order valence-electron chi connectivity index (χ0n) is 11.6. The fraction of sp³-hybridized carbons (Fsp3) is 0.714. The summed E-state index contributed by atoms with van der Waals surface area (Å²) in [5.41, 5.74) is 0. The largest absolute Gasteiger partial charge is 0.465 e. The smallest absolute Gasteiger partial charge is 0.325 e. The second kappa shape index (κ2) is 9.52. The summed E-state index contributed by atoms with van der Waals surface area (Å²) in [5, 5.41) is 0. The van der Waals surface area contributed by atoms with Crippen LogP contribution in [0.4, 0.5) is 0 Å². The molecule has 1 amide bonds. The van der Waals surface area contributed by atoms with Crippen LogP contribution in [0.3, 0.4) is 0 Å². The van der Waals surface area contributed by atoms with Gasteiger partial charge < -0.3 is 9.64 Å². The molecule has 0 spiro atoms. The molecule has 0 aliphatic rings. The molecule has 0 aliphatic heterocycles. The molecule has 0 unspecified atom stereocenters. The van der Waals surface area contributed by atoms with Crippen LogP contribution in [-0.4, -0.2) is 36.0 Å². The molecule has 0 radical (unpaired) electrons. The van der Waals surface area contributed by atoms with E-state index in [0.29, 0.717) is 19.4 Å². The van der Waals surface area contributed by atoms with Gasteiger partial charge in [0.05, 0.1) is 6.61 Å². The van der Waals surface area contributed by atoms with Crippen molar-refractivity contribution in [2.45, 2.75) is 52.5 Å². The van der Waals surface area contributed by atoms with Gasteiger partial charge in [0.1, 0.15) is 6.54 Å². The van der Waals surface area contributed by atoms with Crippen LogP contribution in [0.2, 0.25) is 0 Å². The van der Waals surface area contributed by atoms with E-state index in [-0.39, 0.29) is 24.5 Å². The van der Waals surface area contributed by atoms with Gasteiger partial charge >= 0.3 is 5.97 Å². The number of unbranched alkanes of at least 4 members (excludes halogenated alkanes) is 2. The van der Waals surface area contributed by atoms with Gasteiger partial charge in [-0.1, -0.05) is 0 Å². The van der Waals surface area contributed by atoms with Gasteiger partial charge in [0.25, 0.3) is 0 Å². The second-order valence-corrected chi connectivity index (χ2v) is 4.33. The van der Waals surface area contributed by atoms with E-state index in [1.165, 1.54) is 0 Å². The lowest BCUT2D eigenvalue weighted by Crippen LogP contribution is -2.41. The van der Waals surface area contributed by atoms with Gasteiger partial charge in [-0.2, -0.15) is 0 Å². The van der Waals surface area contributed by atoms with Gasteiger partial charge in [0.15, 0.2) is 0 Å². The number of carbonyl (C=O) groups is 2. The zero-order chi connectivity index (χ0) is 14.0. The molecule has 0 saturated heterocycles. The fourth-order valence-electron chi connectivity index (χ4n) is 1.55. The molecular formula is C14H23NO3. The Balaban J connectivity index is 4.20. The Morgan fingerprint density at radius 2 is 2.00 bits per heavy atom. The van der Waals surface area contributed by atoms with Crippen molar-refractivity contribution in [2.24, 2.45) is 0 Å². The molecule has 0 rings (SSSR count). The highest BCUT2D eigenvalue weighted by molar-refractivity contribution is 5.82. The summed E-state index contributed by atoms with van der Waals surface area (Å²) in [4.78, 5) is 24.9. The van der Waals surface area contributed by atoms with Crippen molar-refractivity contribution in [1.29, 1.82) is 0 Å². The maximum absolute atomic E-state index is 12.0. The van der Waals surface area contributed by atoms with Crippen molar-refractivity contribution in [3.05, 3.63) is 0 Å². The lowest BCUT2D eigenvalue weighted by Gasteiger charge is -2.25. The third-order valence-corrected chi connectivity index (χ3v) is 2.51. The predicted octanol–water partition coefficient (Wildman–Crippen LogP) is 1.98. The molecule has 0 aliphatic carbocycles. The van der Waals surface area contributed by atoms with E-state index < -0.39 is 0 Å². The van der Waals surface area contributed by atoms with Gasteiger partial charge in [-0.25, -0.2) is 0 Å². The summed E-state index contributed by atoms with van der Waals surface area (Å²) >= 11 is 0. The van der Waals surface area contributed by atoms with E-state index in [1.54, 1.807) is 11.8 Å². The van der Waals surface area contributed by atoms with Crippen LogP contribution in [0.25, 0.3) is 0 Å². The average molecular weight is 253 g/mol. The zero-order valence-corrected chi connectivity index (χ0v) is 11.6. The number of rotatable bonds is 8. The third-order valence-electron chi connectivity index (χ3n) is 2.51. The minimum absolute atomic E-state index is 0.00506. The maximum Gasteiger partial charge on any atom is 0.325 e. The molecule has 0 fully saturated rings. The number of carbonyl (C=O) groups excluding carboxylic acids is 2. The van der Waals surface area contributed by atoms with Crippen LogP contribution >= 0.6 is 0 Å². The Kier molecular flexibility index (Phi) is 8.73. The molecule has 0 atom stereocenters. The number of terminal acetylenes is 1. The van der Waals surface area contributed by atoms with Crippen molar-refractivity contribution in [1.82, 2.24) is 4.90 Å². The molecule has 4 nitrogen and oxygen atoms in total. The molecule has 0 aromatic heterocycles. The Morgan fingerprint density at radius 1 is 1.33 bits per heavy atom. The fourth-order valence-corrected chi connectivity index (χ4v) is 1.55. The summed E-state index contributed by atoms with van der Waals surface area (Å²) in [6.07, 6.45) is 7.86. The first-order valence-electron chi connectivity index (χ1n) is 6.41. The van der Waals surface area contributed by atoms with Crippen molar-refractivity contribution in [2.75, 3.05) is 13.2 Å². The lowest BCUT2D eigenvalue weighted by molar-refractivity contribution is -0.150. The van der Waals surface area contributed by atoms with Crippen LogP contribution in [0.1, 0.15) is 46.5 Å². The first kappa shape index (κ1) is 16.5. The molecular weight excluding hydrogens is 230 g/mol. The number of hydrogen-bond acceptors (Lipinski definition) is 3. The summed E-state index contributed by atoms with van der Waals surface area (Å²) in [5.74, 6) is 2.17. The lowest BCUT2D eigenvalue weighted by atomic mass is 10.1. The van der Waals surface area contributed by atoms with E-state index >= 15 is 0 Å². The van der Waals surface area contributed by atoms with Gasteiger partial charge in [-0.15, -0.1) is 12.3 Å². The van der Waals surface area contributed by atoms with E-state index in [2.05, 4.69) is 5.92 Å². The average Bonchev–Trinajstić information content (AvgIpc) is 2.31. The third kappa shape index (κ3) is 6.95. The van der Waals surface area contributed by atoms with E-state index in [9.17, 15) is 9.59 Å². The number of nitrogens with zero attached hydrogens (tertiary/aromatic N) is 1. The number of hydrogen-bond donors (Lipinski definition) is 0. The van der Waals surface area contributed by atoms with Crippen LogP contribution < -0.4 is 0 Å². The molecule has 0 saturated carbocycles. The summed E-state index contributed by atoms with van der Waals surface area (Å²) in [6, 6.07) is -0.00506. The molecule has 0 aromatic carbocycles. The molecule has 18 heavy (non-hydrogen) atoms. The summed E-state index contributed by atoms with van der Waals surface area (Å²) in [6.45, 7) is 5.89. The topological polar surface area (TPSA) is 46.6 Å². The van der Waals surface area contributed by atoms with Gasteiger partial charge in [-0.3, -0.25) is 9.59 Å². The molecule has 0 bridgehead atoms. The van der Waals surface area contributed by atoms with Crippen molar-refractivity contribution in [3.63, 3.8) is 0 Å². The quantitative estimate of drug-likeness (QED) is 0.377. The maximum atomic E-state index is 12.0. The van der Waals surface area contributed by atoms with Gasteiger partial charge in [0, 0.05) is 18.9 Å². The minimum atomic E-state index is -0.358. The van der Waals surface area contributed by atoms with Crippen molar-refractivity contribution < 1.29 is 14.3 Å². The first-order chi connectivity index (χ1) is 8.52. The minimum Gasteiger partial charge on any atom is -0.465 e. The van der Waals surface area contributed by atoms with E-state index in [4.69, 9.17) is 11.2 Å². The molecule has 0 aromatic rings. The summed E-state index contributed by atoms with van der Waals surface area (Å²) < 4.78 is 4.86. The Morgan fingerprint density at radius 3 is 2.50 bits per heavy atom. The molecule has 4 heteroatoms. The molecule has 0 heterocycles. The van der Waals surface area contributed by atoms with Crippen molar-refractivity contribution >= 4 is 11.9 Å². The molecule has 102 valence electrons. The van der Waals surface area contributed by atoms with E-state index in [1.807, 2.05) is 13.8 Å². The second-order valence-electron chi connectivity index (χ2n) is 4.33. The first-order valence-corrected chi connectivity index (χ1v) is 6.41. The number of ether oxygens (including phenoxy) is 1. The molecule has 0 N–H and O–H groups in total. The normalized spacial score (nSPS) is 9.94. The van der Waals surface area contributed by atoms with Crippen LogP contribution in [0.15, 0.2) is 0 Å². The van der Waals surface area contributed by atoms with Gasteiger partial charge in [0.2, 0.25) is 5.91 Å². The van der Waals surface area contributed by atoms with Crippen LogP contribution in [0.5, 0.6) is 0 Å². The van der Waals surface area contributed by atoms with Crippen LogP contribution in [0, 0.1) is 12.3 Å².